The lowest BCUT2D eigenvalue weighted by Gasteiger charge is -2.29. The summed E-state index contributed by atoms with van der Waals surface area (Å²) < 4.78 is 13.4. The Bertz CT molecular complexity index is 1140. The van der Waals surface area contributed by atoms with E-state index in [2.05, 4.69) is 38.6 Å². The van der Waals surface area contributed by atoms with Gasteiger partial charge < -0.3 is 9.47 Å². The molecular weight excluding hydrogens is 470 g/mol. The van der Waals surface area contributed by atoms with Crippen LogP contribution in [0, 0.1) is 24.2 Å². The Balaban J connectivity index is 1.57. The summed E-state index contributed by atoms with van der Waals surface area (Å²) in [5.74, 6) is 0.355. The molecule has 36 heavy (non-hydrogen) atoms. The molecule has 2 aliphatic heterocycles. The molecular formula is C30H41NO4S. The van der Waals surface area contributed by atoms with Gasteiger partial charge in [-0.25, -0.2) is 4.98 Å². The summed E-state index contributed by atoms with van der Waals surface area (Å²) in [5.41, 5.74) is 0.767. The van der Waals surface area contributed by atoms with Crippen LogP contribution in [0.15, 0.2) is 30.9 Å². The molecule has 0 radical (unpaired) electrons. The third-order valence-electron chi connectivity index (χ3n) is 8.37. The Morgan fingerprint density at radius 3 is 2.72 bits per heavy atom. The summed E-state index contributed by atoms with van der Waals surface area (Å²) in [6.45, 7) is 14.6. The molecule has 0 spiro atoms. The van der Waals surface area contributed by atoms with E-state index < -0.39 is 11.0 Å². The number of ketones is 1. The number of aromatic nitrogens is 1. The number of carbonyl (C=O) groups is 2. The second-order valence-corrected chi connectivity index (χ2v) is 13.0. The number of nitrogens with zero attached hydrogens (tertiary/aromatic N) is 1. The predicted molar refractivity (Wildman–Crippen MR) is 145 cm³/mol. The number of thiazole rings is 1. The summed E-state index contributed by atoms with van der Waals surface area (Å²) in [6.07, 6.45) is 7.72. The Kier molecular flexibility index (Phi) is 7.78. The Labute approximate surface area is 219 Å². The van der Waals surface area contributed by atoms with Gasteiger partial charge in [-0.05, 0) is 63.1 Å². The second-order valence-electron chi connectivity index (χ2n) is 11.7. The molecule has 1 aromatic carbocycles. The molecule has 4 rings (SSSR count). The Morgan fingerprint density at radius 2 is 1.97 bits per heavy atom. The van der Waals surface area contributed by atoms with Gasteiger partial charge in [0, 0.05) is 24.2 Å². The van der Waals surface area contributed by atoms with Gasteiger partial charge in [0.15, 0.2) is 0 Å². The van der Waals surface area contributed by atoms with Crippen molar-refractivity contribution in [3.05, 3.63) is 41.4 Å². The quantitative estimate of drug-likeness (QED) is 0.246. The van der Waals surface area contributed by atoms with Crippen LogP contribution in [-0.2, 0) is 24.7 Å². The minimum atomic E-state index is -0.566. The molecule has 2 saturated heterocycles. The molecule has 2 fully saturated rings. The van der Waals surface area contributed by atoms with Crippen LogP contribution >= 0.6 is 11.3 Å². The van der Waals surface area contributed by atoms with Crippen molar-refractivity contribution in [3.8, 4) is 0 Å². The number of hydrogen-bond donors (Lipinski definition) is 0. The molecule has 3 heterocycles. The van der Waals surface area contributed by atoms with E-state index >= 15 is 0 Å². The van der Waals surface area contributed by atoms with Crippen LogP contribution in [0.4, 0.5) is 0 Å². The van der Waals surface area contributed by atoms with Crippen molar-refractivity contribution in [1.29, 1.82) is 0 Å². The van der Waals surface area contributed by atoms with Crippen LogP contribution in [0.1, 0.15) is 89.6 Å². The van der Waals surface area contributed by atoms with Crippen LogP contribution in [0.5, 0.6) is 0 Å². The Morgan fingerprint density at radius 1 is 1.19 bits per heavy atom. The van der Waals surface area contributed by atoms with E-state index in [4.69, 9.17) is 14.5 Å². The van der Waals surface area contributed by atoms with E-state index in [-0.39, 0.29) is 29.7 Å². The third kappa shape index (κ3) is 5.45. The number of allylic oxidation sites excluding steroid dienone is 1. The highest BCUT2D eigenvalue weighted by Crippen LogP contribution is 2.60. The fourth-order valence-corrected chi connectivity index (χ4v) is 6.91. The fourth-order valence-electron chi connectivity index (χ4n) is 6.10. The molecule has 6 heteroatoms. The highest BCUT2D eigenvalue weighted by Gasteiger charge is 2.66. The molecule has 0 saturated carbocycles. The first-order valence-corrected chi connectivity index (χ1v) is 14.2. The van der Waals surface area contributed by atoms with E-state index in [1.165, 1.54) is 4.70 Å². The second kappa shape index (κ2) is 10.4. The first kappa shape index (κ1) is 27.0. The van der Waals surface area contributed by atoms with E-state index in [1.807, 2.05) is 26.8 Å². The molecule has 196 valence electrons. The van der Waals surface area contributed by atoms with Crippen molar-refractivity contribution in [1.82, 2.24) is 4.98 Å². The minimum absolute atomic E-state index is 0.0587. The van der Waals surface area contributed by atoms with Gasteiger partial charge in [0.25, 0.3) is 0 Å². The largest absolute Gasteiger partial charge is 0.466 e. The SMILES string of the molecule is C=CCC1CC(C)CCCC2(C)OC2(c2ccc3sc(C)nc3c2)CCOC(=O)CCC(C)(C)C1=O. The van der Waals surface area contributed by atoms with Crippen LogP contribution in [0.3, 0.4) is 0 Å². The smallest absolute Gasteiger partial charge is 0.305 e. The summed E-state index contributed by atoms with van der Waals surface area (Å²) in [5, 5.41) is 1.05. The molecule has 4 atom stereocenters. The maximum Gasteiger partial charge on any atom is 0.305 e. The molecule has 2 aliphatic rings. The number of ether oxygens (including phenoxy) is 2. The monoisotopic (exact) mass is 511 g/mol. The predicted octanol–water partition coefficient (Wildman–Crippen LogP) is 7.30. The van der Waals surface area contributed by atoms with Crippen molar-refractivity contribution < 1.29 is 19.1 Å². The van der Waals surface area contributed by atoms with Crippen molar-refractivity contribution >= 4 is 33.3 Å². The number of benzene rings is 1. The first-order chi connectivity index (χ1) is 17.0. The number of hydrogen-bond acceptors (Lipinski definition) is 6. The van der Waals surface area contributed by atoms with Crippen LogP contribution in [0.2, 0.25) is 0 Å². The number of fused-ring (bicyclic) bond motifs is 2. The van der Waals surface area contributed by atoms with Crippen molar-refractivity contribution in [2.75, 3.05) is 6.61 Å². The number of aryl methyl sites for hydroxylation is 1. The number of rotatable bonds is 3. The number of carbonyl (C=O) groups excluding carboxylic acids is 2. The van der Waals surface area contributed by atoms with Gasteiger partial charge in [-0.3, -0.25) is 9.59 Å². The van der Waals surface area contributed by atoms with E-state index in [0.29, 0.717) is 31.8 Å². The zero-order valence-electron chi connectivity index (χ0n) is 22.5. The molecule has 1 aromatic heterocycles. The summed E-state index contributed by atoms with van der Waals surface area (Å²) in [6, 6.07) is 6.45. The van der Waals surface area contributed by atoms with Gasteiger partial charge in [0.2, 0.25) is 0 Å². The van der Waals surface area contributed by atoms with Crippen molar-refractivity contribution in [2.45, 2.75) is 97.2 Å². The number of Topliss-reactive ketones (excluding diaryl/α,β-unsaturated/α-hetero) is 1. The maximum absolute atomic E-state index is 13.4. The standard InChI is InChI=1S/C30H41NO4S/c1-7-9-22-18-20(2)10-8-14-29(6)30(35-29,23-11-12-25-24(19-23)31-21(3)36-25)16-17-34-26(32)13-15-28(4,5)27(22)33/h7,11-12,19-20,22H,1,8-10,13-18H2,2-6H3. The van der Waals surface area contributed by atoms with Crippen LogP contribution < -0.4 is 0 Å². The summed E-state index contributed by atoms with van der Waals surface area (Å²) in [4.78, 5) is 30.7. The minimum Gasteiger partial charge on any atom is -0.466 e. The van der Waals surface area contributed by atoms with Gasteiger partial charge in [0.1, 0.15) is 11.4 Å². The van der Waals surface area contributed by atoms with E-state index in [1.54, 1.807) is 11.3 Å². The lowest BCUT2D eigenvalue weighted by Crippen LogP contribution is -2.33. The van der Waals surface area contributed by atoms with Gasteiger partial charge >= 0.3 is 5.97 Å². The lowest BCUT2D eigenvalue weighted by molar-refractivity contribution is -0.145. The molecule has 0 N–H and O–H groups in total. The highest BCUT2D eigenvalue weighted by atomic mass is 32.1. The van der Waals surface area contributed by atoms with E-state index in [9.17, 15) is 9.59 Å². The summed E-state index contributed by atoms with van der Waals surface area (Å²) in [7, 11) is 0. The van der Waals surface area contributed by atoms with Gasteiger partial charge in [0.05, 0.1) is 27.4 Å². The van der Waals surface area contributed by atoms with Crippen molar-refractivity contribution in [3.63, 3.8) is 0 Å². The van der Waals surface area contributed by atoms with Gasteiger partial charge in [-0.15, -0.1) is 17.9 Å². The average molecular weight is 512 g/mol. The number of cyclic esters (lactones) is 1. The number of esters is 1. The zero-order valence-corrected chi connectivity index (χ0v) is 23.3. The normalized spacial score (nSPS) is 32.0. The van der Waals surface area contributed by atoms with E-state index in [0.717, 1.165) is 41.8 Å². The molecule has 0 amide bonds. The van der Waals surface area contributed by atoms with Gasteiger partial charge in [-0.1, -0.05) is 45.8 Å². The lowest BCUT2D eigenvalue weighted by atomic mass is 9.73. The Hall–Kier alpha value is -2.05. The third-order valence-corrected chi connectivity index (χ3v) is 9.32. The highest BCUT2D eigenvalue weighted by molar-refractivity contribution is 7.18. The topological polar surface area (TPSA) is 68.8 Å². The molecule has 0 bridgehead atoms. The van der Waals surface area contributed by atoms with Crippen molar-refractivity contribution in [2.24, 2.45) is 17.3 Å². The fraction of sp³-hybridized carbons (Fsp3) is 0.633. The molecule has 0 aliphatic carbocycles. The molecule has 2 aromatic rings. The van der Waals surface area contributed by atoms with Crippen LogP contribution in [0.25, 0.3) is 10.2 Å². The van der Waals surface area contributed by atoms with Crippen LogP contribution in [-0.4, -0.2) is 28.9 Å². The van der Waals surface area contributed by atoms with Gasteiger partial charge in [-0.2, -0.15) is 0 Å². The molecule has 4 unspecified atom stereocenters. The zero-order chi connectivity index (χ0) is 26.1. The number of epoxide rings is 1. The molecule has 5 nitrogen and oxygen atoms in total. The summed E-state index contributed by atoms with van der Waals surface area (Å²) >= 11 is 1.70. The first-order valence-electron chi connectivity index (χ1n) is 13.4. The maximum atomic E-state index is 13.4. The average Bonchev–Trinajstić information content (AvgIpc) is 3.22.